The number of anilines is 3. The lowest BCUT2D eigenvalue weighted by Crippen LogP contribution is -2.13. The van der Waals surface area contributed by atoms with Crippen molar-refractivity contribution in [3.8, 4) is 0 Å². The van der Waals surface area contributed by atoms with Crippen LogP contribution in [0.2, 0.25) is 0 Å². The van der Waals surface area contributed by atoms with Crippen molar-refractivity contribution < 1.29 is 9.18 Å². The van der Waals surface area contributed by atoms with Crippen molar-refractivity contribution >= 4 is 23.0 Å². The molecule has 1 heterocycles. The van der Waals surface area contributed by atoms with Gasteiger partial charge in [0.2, 0.25) is 0 Å². The fraction of sp³-hybridized carbons (Fsp3) is 0.143. The Balaban J connectivity index is 1.71. The minimum absolute atomic E-state index is 0.277. The zero-order valence-corrected chi connectivity index (χ0v) is 14.7. The molecule has 0 aliphatic heterocycles. The number of halogens is 1. The van der Waals surface area contributed by atoms with E-state index < -0.39 is 0 Å². The van der Waals surface area contributed by atoms with Gasteiger partial charge in [0.1, 0.15) is 11.5 Å². The Morgan fingerprint density at radius 2 is 1.69 bits per heavy atom. The smallest absolute Gasteiger partial charge is 0.274 e. The average Bonchev–Trinajstić information content (AvgIpc) is 2.62. The Hall–Kier alpha value is -3.21. The van der Waals surface area contributed by atoms with Crippen molar-refractivity contribution in [2.75, 3.05) is 10.6 Å². The van der Waals surface area contributed by atoms with Crippen LogP contribution in [-0.4, -0.2) is 10.9 Å². The van der Waals surface area contributed by atoms with Gasteiger partial charge in [-0.05, 0) is 53.9 Å². The monoisotopic (exact) mass is 349 g/mol. The summed E-state index contributed by atoms with van der Waals surface area (Å²) in [5, 5.41) is 5.90. The van der Waals surface area contributed by atoms with Crippen LogP contribution >= 0.6 is 0 Å². The van der Waals surface area contributed by atoms with Gasteiger partial charge in [0.25, 0.3) is 5.91 Å². The zero-order valence-electron chi connectivity index (χ0n) is 14.7. The standard InChI is InChI=1S/C21H20FN3O/c1-14(2)15-6-8-17(9-7-15)25-21(26)20-13-19(10-11-23-20)24-18-5-3-4-16(22)12-18/h3-14H,1-2H3,(H,23,24)(H,25,26). The SMILES string of the molecule is CC(C)c1ccc(NC(=O)c2cc(Nc3cccc(F)c3)ccn2)cc1. The molecule has 26 heavy (non-hydrogen) atoms. The summed E-state index contributed by atoms with van der Waals surface area (Å²) in [5.74, 6) is -0.191. The maximum Gasteiger partial charge on any atom is 0.274 e. The maximum atomic E-state index is 13.3. The topological polar surface area (TPSA) is 54.0 Å². The molecule has 0 aliphatic carbocycles. The number of nitrogens with zero attached hydrogens (tertiary/aromatic N) is 1. The number of nitrogens with one attached hydrogen (secondary N) is 2. The number of amides is 1. The van der Waals surface area contributed by atoms with Crippen LogP contribution in [0.5, 0.6) is 0 Å². The molecule has 0 bridgehead atoms. The van der Waals surface area contributed by atoms with Crippen LogP contribution in [0.15, 0.2) is 66.9 Å². The van der Waals surface area contributed by atoms with Crippen LogP contribution in [0.3, 0.4) is 0 Å². The highest BCUT2D eigenvalue weighted by Gasteiger charge is 2.09. The Morgan fingerprint density at radius 3 is 2.38 bits per heavy atom. The molecule has 0 fully saturated rings. The molecule has 1 aromatic heterocycles. The molecule has 3 aromatic rings. The first-order valence-corrected chi connectivity index (χ1v) is 8.41. The van der Waals surface area contributed by atoms with Crippen molar-refractivity contribution in [2.24, 2.45) is 0 Å². The summed E-state index contributed by atoms with van der Waals surface area (Å²) in [6.07, 6.45) is 1.54. The van der Waals surface area contributed by atoms with Crippen LogP contribution in [0.4, 0.5) is 21.5 Å². The minimum atomic E-state index is -0.327. The number of carbonyl (C=O) groups excluding carboxylic acids is 1. The summed E-state index contributed by atoms with van der Waals surface area (Å²) >= 11 is 0. The molecular weight excluding hydrogens is 329 g/mol. The molecule has 0 saturated carbocycles. The van der Waals surface area contributed by atoms with Gasteiger partial charge in [-0.3, -0.25) is 9.78 Å². The second kappa shape index (κ2) is 7.78. The summed E-state index contributed by atoms with van der Waals surface area (Å²) < 4.78 is 13.3. The van der Waals surface area contributed by atoms with Gasteiger partial charge in [-0.2, -0.15) is 0 Å². The Labute approximate surface area is 152 Å². The van der Waals surface area contributed by atoms with Crippen molar-refractivity contribution in [1.82, 2.24) is 4.98 Å². The largest absolute Gasteiger partial charge is 0.355 e. The highest BCUT2D eigenvalue weighted by Crippen LogP contribution is 2.19. The van der Waals surface area contributed by atoms with Crippen molar-refractivity contribution in [3.05, 3.63) is 83.9 Å². The summed E-state index contributed by atoms with van der Waals surface area (Å²) in [6, 6.07) is 17.2. The van der Waals surface area contributed by atoms with E-state index in [9.17, 15) is 9.18 Å². The van der Waals surface area contributed by atoms with E-state index in [1.807, 2.05) is 24.3 Å². The van der Waals surface area contributed by atoms with Gasteiger partial charge >= 0.3 is 0 Å². The van der Waals surface area contributed by atoms with E-state index in [1.54, 1.807) is 30.5 Å². The molecule has 4 nitrogen and oxygen atoms in total. The van der Waals surface area contributed by atoms with E-state index in [4.69, 9.17) is 0 Å². The number of aromatic nitrogens is 1. The second-order valence-corrected chi connectivity index (χ2v) is 6.30. The summed E-state index contributed by atoms with van der Waals surface area (Å²) in [4.78, 5) is 16.5. The normalized spacial score (nSPS) is 10.6. The molecule has 0 spiro atoms. The van der Waals surface area contributed by atoms with Crippen molar-refractivity contribution in [1.29, 1.82) is 0 Å². The molecule has 3 rings (SSSR count). The van der Waals surface area contributed by atoms with Gasteiger partial charge in [-0.1, -0.05) is 32.0 Å². The number of pyridine rings is 1. The first-order valence-electron chi connectivity index (χ1n) is 8.41. The lowest BCUT2D eigenvalue weighted by molar-refractivity contribution is 0.102. The van der Waals surface area contributed by atoms with E-state index in [0.29, 0.717) is 23.0 Å². The predicted molar refractivity (Wildman–Crippen MR) is 102 cm³/mol. The van der Waals surface area contributed by atoms with E-state index >= 15 is 0 Å². The summed E-state index contributed by atoms with van der Waals surface area (Å²) in [6.45, 7) is 4.24. The number of rotatable bonds is 5. The van der Waals surface area contributed by atoms with Crippen molar-refractivity contribution in [2.45, 2.75) is 19.8 Å². The van der Waals surface area contributed by atoms with E-state index in [-0.39, 0.29) is 17.4 Å². The molecule has 0 unspecified atom stereocenters. The number of benzene rings is 2. The van der Waals surface area contributed by atoms with E-state index in [0.717, 1.165) is 0 Å². The van der Waals surface area contributed by atoms with Crippen LogP contribution in [0.1, 0.15) is 35.8 Å². The lowest BCUT2D eigenvalue weighted by Gasteiger charge is -2.10. The first kappa shape index (κ1) is 17.6. The predicted octanol–water partition coefficient (Wildman–Crippen LogP) is 5.34. The van der Waals surface area contributed by atoms with Crippen LogP contribution < -0.4 is 10.6 Å². The number of carbonyl (C=O) groups is 1. The molecule has 0 saturated heterocycles. The molecule has 0 radical (unpaired) electrons. The maximum absolute atomic E-state index is 13.3. The quantitative estimate of drug-likeness (QED) is 0.654. The van der Waals surface area contributed by atoms with Gasteiger partial charge in [-0.25, -0.2) is 4.39 Å². The molecule has 5 heteroatoms. The molecule has 2 N–H and O–H groups in total. The number of hydrogen-bond donors (Lipinski definition) is 2. The summed E-state index contributed by atoms with van der Waals surface area (Å²) in [7, 11) is 0. The highest BCUT2D eigenvalue weighted by atomic mass is 19.1. The van der Waals surface area contributed by atoms with E-state index in [1.165, 1.54) is 17.7 Å². The minimum Gasteiger partial charge on any atom is -0.355 e. The van der Waals surface area contributed by atoms with Gasteiger partial charge in [0.05, 0.1) is 0 Å². The van der Waals surface area contributed by atoms with Gasteiger partial charge < -0.3 is 10.6 Å². The molecular formula is C21H20FN3O. The van der Waals surface area contributed by atoms with Crippen LogP contribution in [-0.2, 0) is 0 Å². The third-order valence-electron chi connectivity index (χ3n) is 3.94. The lowest BCUT2D eigenvalue weighted by atomic mass is 10.0. The van der Waals surface area contributed by atoms with Crippen LogP contribution in [0, 0.1) is 5.82 Å². The number of hydrogen-bond acceptors (Lipinski definition) is 3. The summed E-state index contributed by atoms with van der Waals surface area (Å²) in [5.41, 5.74) is 3.46. The second-order valence-electron chi connectivity index (χ2n) is 6.30. The molecule has 0 atom stereocenters. The third-order valence-corrected chi connectivity index (χ3v) is 3.94. The van der Waals surface area contributed by atoms with Gasteiger partial charge in [-0.15, -0.1) is 0 Å². The fourth-order valence-corrected chi connectivity index (χ4v) is 2.51. The molecule has 2 aromatic carbocycles. The Morgan fingerprint density at radius 1 is 0.962 bits per heavy atom. The molecule has 0 aliphatic rings. The zero-order chi connectivity index (χ0) is 18.5. The fourth-order valence-electron chi connectivity index (χ4n) is 2.51. The van der Waals surface area contributed by atoms with Gasteiger partial charge in [0.15, 0.2) is 0 Å². The average molecular weight is 349 g/mol. The Kier molecular flexibility index (Phi) is 5.27. The highest BCUT2D eigenvalue weighted by molar-refractivity contribution is 6.03. The third kappa shape index (κ3) is 4.45. The Bertz CT molecular complexity index is 907. The van der Waals surface area contributed by atoms with Crippen LogP contribution in [0.25, 0.3) is 0 Å². The molecule has 1 amide bonds. The van der Waals surface area contributed by atoms with Gasteiger partial charge in [0, 0.05) is 23.3 Å². The van der Waals surface area contributed by atoms with E-state index in [2.05, 4.69) is 29.5 Å². The first-order chi connectivity index (χ1) is 12.5. The molecule has 132 valence electrons. The van der Waals surface area contributed by atoms with Crippen molar-refractivity contribution in [3.63, 3.8) is 0 Å².